The number of furan rings is 2. The first kappa shape index (κ1) is 28.8. The first-order valence-corrected chi connectivity index (χ1v) is 20.1. The Labute approximate surface area is 330 Å². The second-order valence-electron chi connectivity index (χ2n) is 16.5. The van der Waals surface area contributed by atoms with Gasteiger partial charge in [-0.25, -0.2) is 0 Å². The van der Waals surface area contributed by atoms with Crippen molar-refractivity contribution in [3.05, 3.63) is 146 Å². The van der Waals surface area contributed by atoms with Gasteiger partial charge in [0.1, 0.15) is 22.3 Å². The van der Waals surface area contributed by atoms with E-state index in [1.165, 1.54) is 82.1 Å². The number of hydrogen-bond acceptors (Lipinski definition) is 4. The Hall–Kier alpha value is -7.57. The van der Waals surface area contributed by atoms with E-state index in [2.05, 4.69) is 165 Å². The molecule has 264 valence electrons. The van der Waals surface area contributed by atoms with E-state index in [1.54, 1.807) is 0 Å². The maximum atomic E-state index is 6.53. The van der Waals surface area contributed by atoms with Gasteiger partial charge < -0.3 is 28.4 Å². The molecule has 0 aliphatic carbocycles. The van der Waals surface area contributed by atoms with E-state index in [1.807, 2.05) is 0 Å². The summed E-state index contributed by atoms with van der Waals surface area (Å²) in [6.07, 6.45) is 4.58. The summed E-state index contributed by atoms with van der Waals surface area (Å²) in [6.45, 7) is -0.0811. The number of nitrogens with one attached hydrogen (secondary N) is 2. The number of anilines is 4. The van der Waals surface area contributed by atoms with Crippen LogP contribution in [-0.4, -0.2) is 22.7 Å². The highest BCUT2D eigenvalue weighted by Gasteiger charge is 2.44. The Morgan fingerprint density at radius 3 is 1.72 bits per heavy atom. The first-order chi connectivity index (χ1) is 28.8. The molecule has 0 spiro atoms. The average molecular weight is 736 g/mol. The van der Waals surface area contributed by atoms with Crippen LogP contribution in [-0.2, 0) is 0 Å². The topological polar surface area (TPSA) is 60.2 Å². The van der Waals surface area contributed by atoms with Gasteiger partial charge in [-0.2, -0.15) is 0 Å². The minimum Gasteiger partial charge on any atom is -0.456 e. The van der Waals surface area contributed by atoms with Gasteiger partial charge in [0.05, 0.1) is 5.39 Å². The number of benzene rings is 8. The van der Waals surface area contributed by atoms with Gasteiger partial charge in [0.15, 0.2) is 0 Å². The van der Waals surface area contributed by atoms with Gasteiger partial charge in [-0.05, 0) is 122 Å². The van der Waals surface area contributed by atoms with Gasteiger partial charge in [0.2, 0.25) is 0 Å². The quantitative estimate of drug-likeness (QED) is 0.152. The van der Waals surface area contributed by atoms with Crippen molar-refractivity contribution in [3.8, 4) is 22.3 Å². The third-order valence-electron chi connectivity index (χ3n) is 13.9. The molecule has 16 rings (SSSR count). The fourth-order valence-electron chi connectivity index (χ4n) is 11.8. The van der Waals surface area contributed by atoms with Gasteiger partial charge in [0.25, 0.3) is 0 Å². The summed E-state index contributed by atoms with van der Waals surface area (Å²) in [5, 5.41) is 17.7. The Morgan fingerprint density at radius 2 is 1.02 bits per heavy atom. The van der Waals surface area contributed by atoms with Crippen molar-refractivity contribution >= 4 is 135 Å². The number of para-hydroxylation sites is 4. The summed E-state index contributed by atoms with van der Waals surface area (Å²) < 4.78 is 18.0. The second kappa shape index (κ2) is 9.51. The molecule has 0 bridgehead atoms. The molecule has 4 aromatic heterocycles. The Balaban J connectivity index is 1.09. The molecule has 6 nitrogen and oxygen atoms in total. The molecule has 0 saturated carbocycles. The molecule has 8 heterocycles. The maximum absolute atomic E-state index is 6.53. The van der Waals surface area contributed by atoms with E-state index in [0.29, 0.717) is 0 Å². The van der Waals surface area contributed by atoms with Gasteiger partial charge >= 0.3 is 13.7 Å². The number of hydrogen-bond donors (Lipinski definition) is 2. The Morgan fingerprint density at radius 1 is 0.431 bits per heavy atom. The molecule has 8 aromatic carbocycles. The van der Waals surface area contributed by atoms with Crippen molar-refractivity contribution in [1.82, 2.24) is 8.96 Å². The molecule has 0 saturated heterocycles. The van der Waals surface area contributed by atoms with Crippen molar-refractivity contribution in [3.63, 3.8) is 0 Å². The van der Waals surface area contributed by atoms with Gasteiger partial charge in [0, 0.05) is 61.1 Å². The van der Waals surface area contributed by atoms with Crippen LogP contribution in [0, 0.1) is 0 Å². The first-order valence-electron chi connectivity index (χ1n) is 20.1. The Bertz CT molecular complexity index is 3960. The molecule has 4 aliphatic rings. The van der Waals surface area contributed by atoms with Crippen LogP contribution in [0.5, 0.6) is 0 Å². The molecule has 58 heavy (non-hydrogen) atoms. The average Bonchev–Trinajstić information content (AvgIpc) is 4.06. The zero-order valence-electron chi connectivity index (χ0n) is 30.7. The molecular weight excluding hydrogens is 710 g/mol. The third-order valence-corrected chi connectivity index (χ3v) is 13.9. The molecule has 0 unspecified atom stereocenters. The van der Waals surface area contributed by atoms with E-state index >= 15 is 0 Å². The second-order valence-corrected chi connectivity index (χ2v) is 16.5. The molecule has 0 fully saturated rings. The van der Waals surface area contributed by atoms with Gasteiger partial charge in [-0.1, -0.05) is 78.9 Å². The van der Waals surface area contributed by atoms with Crippen molar-refractivity contribution in [2.45, 2.75) is 0 Å². The lowest BCUT2D eigenvalue weighted by atomic mass is 9.43. The summed E-state index contributed by atoms with van der Waals surface area (Å²) in [5.74, 6) is 0. The van der Waals surface area contributed by atoms with Crippen LogP contribution in [0.4, 0.5) is 22.7 Å². The van der Waals surface area contributed by atoms with Crippen LogP contribution < -0.4 is 32.5 Å². The van der Waals surface area contributed by atoms with E-state index < -0.39 is 0 Å². The number of rotatable bonds is 0. The molecular formula is C50H26B2N4O2. The zero-order chi connectivity index (χ0) is 37.1. The van der Waals surface area contributed by atoms with Crippen LogP contribution in [0.2, 0.25) is 0 Å². The molecule has 0 atom stereocenters. The molecule has 0 radical (unpaired) electrons. The monoisotopic (exact) mass is 736 g/mol. The van der Waals surface area contributed by atoms with Crippen LogP contribution in [0.3, 0.4) is 0 Å². The van der Waals surface area contributed by atoms with Crippen LogP contribution >= 0.6 is 0 Å². The van der Waals surface area contributed by atoms with Crippen LogP contribution in [0.25, 0.3) is 98.7 Å². The lowest BCUT2D eigenvalue weighted by Crippen LogP contribution is -2.56. The van der Waals surface area contributed by atoms with Crippen LogP contribution in [0.1, 0.15) is 0 Å². The van der Waals surface area contributed by atoms with Crippen LogP contribution in [0.15, 0.2) is 155 Å². The minimum atomic E-state index is -0.0610. The maximum Gasteiger partial charge on any atom is 0.333 e. The van der Waals surface area contributed by atoms with Gasteiger partial charge in [-0.3, -0.25) is 0 Å². The number of nitrogens with zero attached hydrogens (tertiary/aromatic N) is 2. The SMILES string of the molecule is c1cc2c3c(c1)ccn3B1c3ccc4oc5ccccc5c4c3Nc3cc4c5c6c(cc4c-2c31)Nc1ccc2oc3ccccc3c2c1B6n1ccc2cccc-5c21. The molecule has 4 aliphatic heterocycles. The molecule has 2 N–H and O–H groups in total. The molecule has 12 aromatic rings. The molecule has 8 heteroatoms. The Kier molecular flexibility index (Phi) is 4.72. The third kappa shape index (κ3) is 3.13. The fraction of sp³-hybridized carbons (Fsp3) is 0. The van der Waals surface area contributed by atoms with E-state index in [0.717, 1.165) is 61.2 Å². The van der Waals surface area contributed by atoms with Crippen molar-refractivity contribution in [2.75, 3.05) is 10.6 Å². The summed E-state index contributed by atoms with van der Waals surface area (Å²) in [4.78, 5) is 0. The number of aromatic nitrogens is 2. The highest BCUT2D eigenvalue weighted by molar-refractivity contribution is 6.92. The summed E-state index contributed by atoms with van der Waals surface area (Å²) >= 11 is 0. The standard InChI is InChI=1S/C50H26B2N4O2/c1-3-13-37-27(9-1)43-39(57-37)18-16-34-45(43)52-47-35(53-34)23-31-32(42(47)30-12-6-8-26-20-22-56(52)50(26)30)24-36-46-41(31)29-11-5-7-25-19-21-55(49(25)29)51(46)33-15-17-40-44(48(33)54-36)28-10-2-4-14-38(28)58-40/h1-24,53-54H. The summed E-state index contributed by atoms with van der Waals surface area (Å²) in [5.41, 5.74) is 20.9. The van der Waals surface area contributed by atoms with E-state index in [9.17, 15) is 0 Å². The van der Waals surface area contributed by atoms with Crippen molar-refractivity contribution in [1.29, 1.82) is 0 Å². The summed E-state index contributed by atoms with van der Waals surface area (Å²) in [6, 6.07) is 48.8. The molecule has 0 amide bonds. The fourth-order valence-corrected chi connectivity index (χ4v) is 11.8. The predicted octanol–water partition coefficient (Wildman–Crippen LogP) is 9.93. The van der Waals surface area contributed by atoms with E-state index in [4.69, 9.17) is 8.83 Å². The highest BCUT2D eigenvalue weighted by Crippen LogP contribution is 2.49. The number of fused-ring (bicyclic) bond motifs is 19. The lowest BCUT2D eigenvalue weighted by Gasteiger charge is -2.38. The van der Waals surface area contributed by atoms with Crippen molar-refractivity contribution in [2.24, 2.45) is 0 Å². The smallest absolute Gasteiger partial charge is 0.333 e. The highest BCUT2D eigenvalue weighted by atomic mass is 16.3. The minimum absolute atomic E-state index is 0.0201. The predicted molar refractivity (Wildman–Crippen MR) is 241 cm³/mol. The summed E-state index contributed by atoms with van der Waals surface area (Å²) in [7, 11) is 0. The largest absolute Gasteiger partial charge is 0.456 e. The van der Waals surface area contributed by atoms with Crippen molar-refractivity contribution < 1.29 is 8.83 Å². The van der Waals surface area contributed by atoms with Gasteiger partial charge in [-0.15, -0.1) is 0 Å². The normalized spacial score (nSPS) is 14.1. The lowest BCUT2D eigenvalue weighted by molar-refractivity contribution is 0.668. The van der Waals surface area contributed by atoms with E-state index in [-0.39, 0.29) is 13.7 Å². The zero-order valence-corrected chi connectivity index (χ0v) is 30.7.